The Morgan fingerprint density at radius 3 is 2.67 bits per heavy atom. The van der Waals surface area contributed by atoms with Crippen LogP contribution < -0.4 is 9.64 Å². The standard InChI is InChI=1S/C19H18N2O3/c1-18(2)15-9-8-14(21(22)23)12-16(15)20(3)19(18)11-10-13-6-4-5-7-17(13)24-19/h4-12H,1-3H3. The third-order valence-electron chi connectivity index (χ3n) is 5.29. The third-order valence-corrected chi connectivity index (χ3v) is 5.29. The Morgan fingerprint density at radius 1 is 1.17 bits per heavy atom. The van der Waals surface area contributed by atoms with E-state index in [1.54, 1.807) is 12.1 Å². The molecule has 4 rings (SSSR count). The van der Waals surface area contributed by atoms with Gasteiger partial charge in [0.15, 0.2) is 0 Å². The van der Waals surface area contributed by atoms with Gasteiger partial charge in [0, 0.05) is 24.7 Å². The first-order chi connectivity index (χ1) is 11.4. The minimum absolute atomic E-state index is 0.0913. The number of hydrogen-bond donors (Lipinski definition) is 0. The van der Waals surface area contributed by atoms with Gasteiger partial charge in [-0.25, -0.2) is 0 Å². The summed E-state index contributed by atoms with van der Waals surface area (Å²) in [5.41, 5.74) is 1.93. The maximum Gasteiger partial charge on any atom is 0.271 e. The summed E-state index contributed by atoms with van der Waals surface area (Å²) >= 11 is 0. The van der Waals surface area contributed by atoms with Crippen LogP contribution in [0.5, 0.6) is 5.75 Å². The fourth-order valence-corrected chi connectivity index (χ4v) is 3.86. The smallest absolute Gasteiger partial charge is 0.271 e. The van der Waals surface area contributed by atoms with Gasteiger partial charge in [0.05, 0.1) is 16.0 Å². The number of para-hydroxylation sites is 1. The molecular weight excluding hydrogens is 304 g/mol. The molecule has 0 aliphatic carbocycles. The number of ether oxygens (including phenoxy) is 1. The number of rotatable bonds is 1. The largest absolute Gasteiger partial charge is 0.463 e. The number of nitro benzene ring substituents is 1. The van der Waals surface area contributed by atoms with E-state index in [2.05, 4.69) is 26.0 Å². The summed E-state index contributed by atoms with van der Waals surface area (Å²) < 4.78 is 6.46. The van der Waals surface area contributed by atoms with Crippen LogP contribution in [0.1, 0.15) is 25.0 Å². The number of benzene rings is 2. The summed E-state index contributed by atoms with van der Waals surface area (Å²) in [6.07, 6.45) is 4.12. The lowest BCUT2D eigenvalue weighted by atomic mass is 9.76. The summed E-state index contributed by atoms with van der Waals surface area (Å²) in [7, 11) is 1.93. The van der Waals surface area contributed by atoms with Crippen molar-refractivity contribution in [3.05, 3.63) is 69.8 Å². The molecule has 1 atom stereocenters. The molecule has 0 bridgehead atoms. The van der Waals surface area contributed by atoms with Crippen LogP contribution in [0.3, 0.4) is 0 Å². The van der Waals surface area contributed by atoms with Gasteiger partial charge in [-0.05, 0) is 43.7 Å². The molecule has 122 valence electrons. The van der Waals surface area contributed by atoms with E-state index >= 15 is 0 Å². The molecule has 0 radical (unpaired) electrons. The quantitative estimate of drug-likeness (QED) is 0.585. The lowest BCUT2D eigenvalue weighted by Gasteiger charge is -2.45. The van der Waals surface area contributed by atoms with Crippen molar-refractivity contribution in [2.24, 2.45) is 0 Å². The number of likely N-dealkylation sites (N-methyl/N-ethyl adjacent to an activating group) is 1. The molecule has 24 heavy (non-hydrogen) atoms. The normalized spacial score (nSPS) is 22.9. The first-order valence-corrected chi connectivity index (χ1v) is 7.87. The van der Waals surface area contributed by atoms with Gasteiger partial charge in [-0.1, -0.05) is 18.2 Å². The Morgan fingerprint density at radius 2 is 1.92 bits per heavy atom. The van der Waals surface area contributed by atoms with Crippen LogP contribution in [0.15, 0.2) is 48.5 Å². The predicted octanol–water partition coefficient (Wildman–Crippen LogP) is 4.12. The van der Waals surface area contributed by atoms with Gasteiger partial charge in [0.2, 0.25) is 5.72 Å². The van der Waals surface area contributed by atoms with Crippen molar-refractivity contribution in [1.29, 1.82) is 0 Å². The predicted molar refractivity (Wildman–Crippen MR) is 93.4 cm³/mol. The van der Waals surface area contributed by atoms with Crippen LogP contribution in [0.2, 0.25) is 0 Å². The Kier molecular flexibility index (Phi) is 2.83. The average molecular weight is 322 g/mol. The minimum Gasteiger partial charge on any atom is -0.463 e. The van der Waals surface area contributed by atoms with Gasteiger partial charge in [-0.3, -0.25) is 10.1 Å². The molecular formula is C19H18N2O3. The van der Waals surface area contributed by atoms with Crippen LogP contribution in [-0.2, 0) is 5.41 Å². The van der Waals surface area contributed by atoms with E-state index in [9.17, 15) is 10.1 Å². The molecule has 0 saturated carbocycles. The third kappa shape index (κ3) is 1.69. The van der Waals surface area contributed by atoms with Crippen LogP contribution in [0.25, 0.3) is 6.08 Å². The van der Waals surface area contributed by atoms with Crippen molar-refractivity contribution in [2.75, 3.05) is 11.9 Å². The molecule has 2 heterocycles. The Bertz CT molecular complexity index is 888. The van der Waals surface area contributed by atoms with E-state index < -0.39 is 5.72 Å². The molecule has 0 N–H and O–H groups in total. The molecule has 0 aromatic heterocycles. The summed E-state index contributed by atoms with van der Waals surface area (Å²) in [5, 5.41) is 11.1. The van der Waals surface area contributed by atoms with Gasteiger partial charge in [0.25, 0.3) is 5.69 Å². The van der Waals surface area contributed by atoms with Gasteiger partial charge in [-0.2, -0.15) is 0 Å². The maximum atomic E-state index is 11.1. The van der Waals surface area contributed by atoms with Crippen molar-refractivity contribution in [2.45, 2.75) is 25.0 Å². The van der Waals surface area contributed by atoms with E-state index in [-0.39, 0.29) is 16.0 Å². The number of non-ortho nitro benzene ring substituents is 1. The van der Waals surface area contributed by atoms with Crippen LogP contribution >= 0.6 is 0 Å². The Balaban J connectivity index is 1.89. The van der Waals surface area contributed by atoms with E-state index in [0.29, 0.717) is 0 Å². The monoisotopic (exact) mass is 322 g/mol. The van der Waals surface area contributed by atoms with Gasteiger partial charge >= 0.3 is 0 Å². The highest BCUT2D eigenvalue weighted by atomic mass is 16.6. The minimum atomic E-state index is -0.709. The summed E-state index contributed by atoms with van der Waals surface area (Å²) in [5.74, 6) is 0.822. The van der Waals surface area contributed by atoms with Crippen molar-refractivity contribution in [3.8, 4) is 5.75 Å². The van der Waals surface area contributed by atoms with E-state index in [4.69, 9.17) is 4.74 Å². The first kappa shape index (κ1) is 14.8. The lowest BCUT2D eigenvalue weighted by Crippen LogP contribution is -2.58. The lowest BCUT2D eigenvalue weighted by molar-refractivity contribution is -0.384. The van der Waals surface area contributed by atoms with Crippen molar-refractivity contribution >= 4 is 17.5 Å². The fourth-order valence-electron chi connectivity index (χ4n) is 3.86. The second-order valence-corrected chi connectivity index (χ2v) is 6.81. The summed E-state index contributed by atoms with van der Waals surface area (Å²) in [6, 6.07) is 12.9. The highest BCUT2D eigenvalue weighted by Gasteiger charge is 2.57. The van der Waals surface area contributed by atoms with Gasteiger partial charge < -0.3 is 9.64 Å². The maximum absolute atomic E-state index is 11.1. The first-order valence-electron chi connectivity index (χ1n) is 7.87. The molecule has 2 aromatic carbocycles. The molecule has 5 heteroatoms. The molecule has 2 aromatic rings. The second kappa shape index (κ2) is 4.60. The molecule has 2 aliphatic heterocycles. The molecule has 5 nitrogen and oxygen atoms in total. The number of nitrogens with zero attached hydrogens (tertiary/aromatic N) is 2. The topological polar surface area (TPSA) is 55.6 Å². The molecule has 0 saturated heterocycles. The average Bonchev–Trinajstić information content (AvgIpc) is 2.73. The van der Waals surface area contributed by atoms with E-state index in [0.717, 1.165) is 22.6 Å². The zero-order valence-corrected chi connectivity index (χ0v) is 13.8. The summed E-state index contributed by atoms with van der Waals surface area (Å²) in [4.78, 5) is 12.8. The Labute approximate surface area is 140 Å². The van der Waals surface area contributed by atoms with Crippen LogP contribution in [-0.4, -0.2) is 17.7 Å². The summed E-state index contributed by atoms with van der Waals surface area (Å²) in [6.45, 7) is 4.22. The van der Waals surface area contributed by atoms with Gasteiger partial charge in [-0.15, -0.1) is 0 Å². The molecule has 1 spiro atoms. The van der Waals surface area contributed by atoms with E-state index in [1.807, 2.05) is 42.3 Å². The highest BCUT2D eigenvalue weighted by Crippen LogP contribution is 2.54. The Hall–Kier alpha value is -2.82. The SMILES string of the molecule is CN1c2cc([N+](=O)[O-])ccc2C(C)(C)C12C=Cc1ccccc1O2. The van der Waals surface area contributed by atoms with E-state index in [1.165, 1.54) is 0 Å². The highest BCUT2D eigenvalue weighted by molar-refractivity contribution is 5.73. The van der Waals surface area contributed by atoms with Crippen molar-refractivity contribution in [3.63, 3.8) is 0 Å². The number of nitro groups is 1. The molecule has 0 amide bonds. The number of fused-ring (bicyclic) bond motifs is 2. The number of anilines is 1. The van der Waals surface area contributed by atoms with Gasteiger partial charge in [0.1, 0.15) is 5.75 Å². The van der Waals surface area contributed by atoms with Crippen molar-refractivity contribution < 1.29 is 9.66 Å². The zero-order chi connectivity index (χ0) is 17.1. The fraction of sp³-hybridized carbons (Fsp3) is 0.263. The van der Waals surface area contributed by atoms with Crippen molar-refractivity contribution in [1.82, 2.24) is 0 Å². The zero-order valence-electron chi connectivity index (χ0n) is 13.8. The molecule has 2 aliphatic rings. The van der Waals surface area contributed by atoms with Crippen LogP contribution in [0.4, 0.5) is 11.4 Å². The molecule has 0 fully saturated rings. The van der Waals surface area contributed by atoms with Crippen LogP contribution in [0, 0.1) is 10.1 Å². The second-order valence-electron chi connectivity index (χ2n) is 6.81. The number of hydrogen-bond acceptors (Lipinski definition) is 4. The molecule has 1 unspecified atom stereocenters.